The Morgan fingerprint density at radius 1 is 1.02 bits per heavy atom. The fourth-order valence-electron chi connectivity index (χ4n) is 4.88. The van der Waals surface area contributed by atoms with Gasteiger partial charge in [-0.15, -0.1) is 0 Å². The largest absolute Gasteiger partial charge is 0.444 e. The number of hydrogen-bond donors (Lipinski definition) is 1. The fourth-order valence-corrected chi connectivity index (χ4v) is 4.88. The summed E-state index contributed by atoms with van der Waals surface area (Å²) in [5.41, 5.74) is 5.30. The van der Waals surface area contributed by atoms with Crippen LogP contribution in [-0.4, -0.2) is 38.0 Å². The predicted molar refractivity (Wildman–Crippen MR) is 155 cm³/mol. The maximum atomic E-state index is 12.7. The first kappa shape index (κ1) is 26.9. The Balaban J connectivity index is 1.40. The number of aromatic nitrogens is 2. The molecule has 1 fully saturated rings. The number of ether oxygens (including phenoxy) is 1. The second-order valence-corrected chi connectivity index (χ2v) is 10.9. The molecule has 1 saturated heterocycles. The molecule has 0 saturated carbocycles. The predicted octanol–water partition coefficient (Wildman–Crippen LogP) is 7.65. The highest BCUT2D eigenvalue weighted by atomic mass is 16.6. The SMILES string of the molecule is CC(C)(C)OC(=O)N1CCC[C@H]1c1ncc(-c2ccc(/C(=C/c3ccc([N+](=O)[O-])cc3)c3ccccc3)cc2)[nH]1. The molecule has 1 atom stereocenters. The summed E-state index contributed by atoms with van der Waals surface area (Å²) in [6.07, 6.45) is 5.26. The van der Waals surface area contributed by atoms with Gasteiger partial charge in [0.1, 0.15) is 11.4 Å². The lowest BCUT2D eigenvalue weighted by atomic mass is 9.94. The topological polar surface area (TPSA) is 101 Å². The molecule has 0 spiro atoms. The molecule has 0 aliphatic carbocycles. The first-order valence-corrected chi connectivity index (χ1v) is 13.3. The van der Waals surface area contributed by atoms with Gasteiger partial charge in [0, 0.05) is 18.7 Å². The van der Waals surface area contributed by atoms with E-state index in [9.17, 15) is 14.9 Å². The molecule has 5 rings (SSSR count). The van der Waals surface area contributed by atoms with Gasteiger partial charge in [0.2, 0.25) is 0 Å². The molecular weight excluding hydrogens is 504 g/mol. The van der Waals surface area contributed by atoms with Gasteiger partial charge in [-0.1, -0.05) is 54.6 Å². The summed E-state index contributed by atoms with van der Waals surface area (Å²) >= 11 is 0. The fraction of sp³-hybridized carbons (Fsp3) is 0.250. The number of nitrogens with zero attached hydrogens (tertiary/aromatic N) is 3. The molecule has 1 N–H and O–H groups in total. The highest BCUT2D eigenvalue weighted by molar-refractivity contribution is 5.91. The number of carbonyl (C=O) groups excluding carboxylic acids is 1. The Bertz CT molecular complexity index is 1520. The van der Waals surface area contributed by atoms with Gasteiger partial charge in [-0.3, -0.25) is 15.0 Å². The van der Waals surface area contributed by atoms with Crippen molar-refractivity contribution in [3.8, 4) is 11.3 Å². The quantitative estimate of drug-likeness (QED) is 0.155. The van der Waals surface area contributed by atoms with Crippen LogP contribution in [0.5, 0.6) is 0 Å². The number of hydrogen-bond acceptors (Lipinski definition) is 5. The van der Waals surface area contributed by atoms with Crippen molar-refractivity contribution in [2.75, 3.05) is 6.54 Å². The van der Waals surface area contributed by atoms with Crippen molar-refractivity contribution in [1.82, 2.24) is 14.9 Å². The van der Waals surface area contributed by atoms with E-state index in [0.717, 1.165) is 52.2 Å². The zero-order valence-electron chi connectivity index (χ0n) is 22.8. The van der Waals surface area contributed by atoms with Gasteiger partial charge >= 0.3 is 6.09 Å². The van der Waals surface area contributed by atoms with Crippen molar-refractivity contribution in [1.29, 1.82) is 0 Å². The number of aromatic amines is 1. The Labute approximate surface area is 233 Å². The molecule has 2 heterocycles. The number of benzene rings is 3. The summed E-state index contributed by atoms with van der Waals surface area (Å²) in [4.78, 5) is 33.2. The van der Waals surface area contributed by atoms with Crippen LogP contribution in [0.3, 0.4) is 0 Å². The van der Waals surface area contributed by atoms with E-state index in [-0.39, 0.29) is 17.8 Å². The Morgan fingerprint density at radius 2 is 1.70 bits per heavy atom. The minimum absolute atomic E-state index is 0.0634. The van der Waals surface area contributed by atoms with Gasteiger partial charge in [0.05, 0.1) is 22.9 Å². The van der Waals surface area contributed by atoms with Crippen molar-refractivity contribution in [3.05, 3.63) is 118 Å². The second-order valence-electron chi connectivity index (χ2n) is 10.9. The van der Waals surface area contributed by atoms with Crippen LogP contribution in [-0.2, 0) is 4.74 Å². The smallest absolute Gasteiger partial charge is 0.410 e. The number of likely N-dealkylation sites (tertiary alicyclic amines) is 1. The molecule has 1 aliphatic heterocycles. The summed E-state index contributed by atoms with van der Waals surface area (Å²) in [5, 5.41) is 11.1. The third-order valence-corrected chi connectivity index (χ3v) is 6.80. The monoisotopic (exact) mass is 536 g/mol. The lowest BCUT2D eigenvalue weighted by Gasteiger charge is -2.27. The minimum atomic E-state index is -0.550. The molecule has 4 aromatic rings. The average Bonchev–Trinajstić information content (AvgIpc) is 3.62. The van der Waals surface area contributed by atoms with E-state index >= 15 is 0 Å². The molecule has 0 unspecified atom stereocenters. The third-order valence-electron chi connectivity index (χ3n) is 6.80. The van der Waals surface area contributed by atoms with E-state index < -0.39 is 10.5 Å². The van der Waals surface area contributed by atoms with Gasteiger partial charge in [-0.2, -0.15) is 0 Å². The molecular formula is C32H32N4O4. The van der Waals surface area contributed by atoms with Crippen LogP contribution in [0.4, 0.5) is 10.5 Å². The molecule has 1 amide bonds. The number of carbonyl (C=O) groups is 1. The van der Waals surface area contributed by atoms with Crippen molar-refractivity contribution < 1.29 is 14.5 Å². The third kappa shape index (κ3) is 6.12. The molecule has 3 aromatic carbocycles. The van der Waals surface area contributed by atoms with E-state index in [2.05, 4.69) is 22.1 Å². The number of rotatable bonds is 6. The van der Waals surface area contributed by atoms with Gasteiger partial charge in [-0.05, 0) is 79.6 Å². The summed E-state index contributed by atoms with van der Waals surface area (Å²) in [7, 11) is 0. The molecule has 1 aliphatic rings. The first-order chi connectivity index (χ1) is 19.2. The van der Waals surface area contributed by atoms with Gasteiger partial charge in [0.25, 0.3) is 5.69 Å². The number of nitrogens with one attached hydrogen (secondary N) is 1. The number of non-ortho nitro benzene ring substituents is 1. The second kappa shape index (κ2) is 11.2. The van der Waals surface area contributed by atoms with Crippen LogP contribution in [0.15, 0.2) is 85.1 Å². The normalized spacial score (nSPS) is 15.7. The number of H-pyrrole nitrogens is 1. The van der Waals surface area contributed by atoms with Crippen molar-refractivity contribution in [3.63, 3.8) is 0 Å². The molecule has 0 bridgehead atoms. The van der Waals surface area contributed by atoms with Gasteiger partial charge in [-0.25, -0.2) is 9.78 Å². The van der Waals surface area contributed by atoms with E-state index in [1.165, 1.54) is 12.1 Å². The van der Waals surface area contributed by atoms with E-state index in [4.69, 9.17) is 4.74 Å². The lowest BCUT2D eigenvalue weighted by molar-refractivity contribution is -0.384. The Morgan fingerprint density at radius 3 is 2.35 bits per heavy atom. The van der Waals surface area contributed by atoms with E-state index in [1.54, 1.807) is 23.2 Å². The van der Waals surface area contributed by atoms with Crippen molar-refractivity contribution in [2.45, 2.75) is 45.3 Å². The summed E-state index contributed by atoms with van der Waals surface area (Å²) in [5.74, 6) is 0.755. The zero-order valence-corrected chi connectivity index (χ0v) is 22.8. The van der Waals surface area contributed by atoms with Gasteiger partial charge < -0.3 is 9.72 Å². The molecule has 8 heteroatoms. The zero-order chi connectivity index (χ0) is 28.3. The summed E-state index contributed by atoms with van der Waals surface area (Å²) in [6.45, 7) is 6.26. The highest BCUT2D eigenvalue weighted by Gasteiger charge is 2.34. The van der Waals surface area contributed by atoms with Crippen molar-refractivity contribution in [2.24, 2.45) is 0 Å². The van der Waals surface area contributed by atoms with E-state index in [0.29, 0.717) is 6.54 Å². The molecule has 204 valence electrons. The van der Waals surface area contributed by atoms with Crippen LogP contribution >= 0.6 is 0 Å². The average molecular weight is 537 g/mol. The lowest BCUT2D eigenvalue weighted by Crippen LogP contribution is -2.36. The van der Waals surface area contributed by atoms with Crippen molar-refractivity contribution >= 4 is 23.4 Å². The number of nitro groups is 1. The maximum absolute atomic E-state index is 12.7. The highest BCUT2D eigenvalue weighted by Crippen LogP contribution is 2.33. The number of imidazole rings is 1. The molecule has 0 radical (unpaired) electrons. The standard InChI is InChI=1S/C32H32N4O4/c1-32(2,3)40-31(37)35-19-7-10-29(35)30-33-21-28(34-30)25-15-13-24(14-16-25)27(23-8-5-4-6-9-23)20-22-11-17-26(18-12-22)36(38)39/h4-6,8-9,11-18,20-21,29H,7,10,19H2,1-3H3,(H,33,34)/b27-20+/t29-/m0/s1. The van der Waals surface area contributed by atoms with Crippen LogP contribution in [0.25, 0.3) is 22.9 Å². The molecule has 8 nitrogen and oxygen atoms in total. The van der Waals surface area contributed by atoms with Crippen LogP contribution in [0.2, 0.25) is 0 Å². The van der Waals surface area contributed by atoms with Crippen LogP contribution < -0.4 is 0 Å². The van der Waals surface area contributed by atoms with Gasteiger partial charge in [0.15, 0.2) is 0 Å². The molecule has 1 aromatic heterocycles. The summed E-state index contributed by atoms with van der Waals surface area (Å²) < 4.78 is 5.61. The Hall–Kier alpha value is -4.72. The maximum Gasteiger partial charge on any atom is 0.410 e. The Kier molecular flexibility index (Phi) is 7.51. The van der Waals surface area contributed by atoms with E-state index in [1.807, 2.05) is 69.3 Å². The first-order valence-electron chi connectivity index (χ1n) is 13.3. The van der Waals surface area contributed by atoms with Crippen LogP contribution in [0.1, 0.15) is 62.2 Å². The number of nitro benzene ring substituents is 1. The summed E-state index contributed by atoms with van der Waals surface area (Å²) in [6, 6.07) is 24.6. The number of amides is 1. The minimum Gasteiger partial charge on any atom is -0.444 e. The van der Waals surface area contributed by atoms with Crippen LogP contribution in [0, 0.1) is 10.1 Å². The molecule has 40 heavy (non-hydrogen) atoms.